The minimum atomic E-state index is -0.303. The summed E-state index contributed by atoms with van der Waals surface area (Å²) in [6.07, 6.45) is 3.49. The molecule has 0 aliphatic carbocycles. The number of nitrogens with one attached hydrogen (secondary N) is 4. The Bertz CT molecular complexity index is 1090. The first-order chi connectivity index (χ1) is 15.6. The number of carbonyl (C=O) groups excluding carboxylic acids is 1. The number of anilines is 3. The second-order valence-corrected chi connectivity index (χ2v) is 7.96. The zero-order chi connectivity index (χ0) is 22.3. The molecular weight excluding hydrogens is 431 g/mol. The van der Waals surface area contributed by atoms with Crippen molar-refractivity contribution < 1.29 is 9.18 Å². The average Bonchev–Trinajstić information content (AvgIpc) is 2.81. The van der Waals surface area contributed by atoms with Gasteiger partial charge in [0.25, 0.3) is 5.91 Å². The molecule has 1 saturated heterocycles. The van der Waals surface area contributed by atoms with Gasteiger partial charge in [0.2, 0.25) is 5.95 Å². The minimum absolute atomic E-state index is 0.119. The highest BCUT2D eigenvalue weighted by Gasteiger charge is 2.16. The van der Waals surface area contributed by atoms with Crippen LogP contribution in [0.2, 0.25) is 5.02 Å². The SMILES string of the molecule is O=C(NC1CCCNC1)c1cccc(Nc2ncc(Cl)c(NCc3ccccc3F)n2)c1. The molecule has 4 N–H and O–H groups in total. The summed E-state index contributed by atoms with van der Waals surface area (Å²) in [5.74, 6) is 0.264. The summed E-state index contributed by atoms with van der Waals surface area (Å²) >= 11 is 6.20. The van der Waals surface area contributed by atoms with Crippen molar-refractivity contribution in [3.05, 3.63) is 76.7 Å². The van der Waals surface area contributed by atoms with Crippen molar-refractivity contribution in [1.82, 2.24) is 20.6 Å². The Morgan fingerprint density at radius 1 is 1.22 bits per heavy atom. The Labute approximate surface area is 190 Å². The van der Waals surface area contributed by atoms with Gasteiger partial charge in [-0.25, -0.2) is 9.37 Å². The lowest BCUT2D eigenvalue weighted by molar-refractivity contribution is 0.0930. The molecule has 3 aromatic rings. The number of aromatic nitrogens is 2. The van der Waals surface area contributed by atoms with Gasteiger partial charge < -0.3 is 21.3 Å². The van der Waals surface area contributed by atoms with Crippen LogP contribution in [-0.4, -0.2) is 35.0 Å². The van der Waals surface area contributed by atoms with E-state index < -0.39 is 0 Å². The highest BCUT2D eigenvalue weighted by Crippen LogP contribution is 2.23. The number of amides is 1. The highest BCUT2D eigenvalue weighted by atomic mass is 35.5. The number of benzene rings is 2. The third-order valence-electron chi connectivity index (χ3n) is 5.16. The first-order valence-corrected chi connectivity index (χ1v) is 10.8. The second-order valence-electron chi connectivity index (χ2n) is 7.56. The Kier molecular flexibility index (Phi) is 7.14. The summed E-state index contributed by atoms with van der Waals surface area (Å²) in [6.45, 7) is 2.00. The number of piperidine rings is 1. The van der Waals surface area contributed by atoms with E-state index in [1.54, 1.807) is 36.4 Å². The van der Waals surface area contributed by atoms with Crippen LogP contribution >= 0.6 is 11.6 Å². The van der Waals surface area contributed by atoms with Gasteiger partial charge in [0.1, 0.15) is 10.8 Å². The van der Waals surface area contributed by atoms with Gasteiger partial charge >= 0.3 is 0 Å². The normalized spacial score (nSPS) is 15.8. The number of carbonyl (C=O) groups is 1. The van der Waals surface area contributed by atoms with Gasteiger partial charge in [-0.15, -0.1) is 0 Å². The van der Waals surface area contributed by atoms with E-state index in [2.05, 4.69) is 31.2 Å². The molecular formula is C23H24ClFN6O. The van der Waals surface area contributed by atoms with Crippen molar-refractivity contribution in [3.8, 4) is 0 Å². The van der Waals surface area contributed by atoms with Crippen molar-refractivity contribution in [1.29, 1.82) is 0 Å². The van der Waals surface area contributed by atoms with E-state index >= 15 is 0 Å². The Hall–Kier alpha value is -3.23. The molecule has 2 aromatic carbocycles. The van der Waals surface area contributed by atoms with Crippen LogP contribution in [-0.2, 0) is 6.54 Å². The van der Waals surface area contributed by atoms with E-state index in [9.17, 15) is 9.18 Å². The lowest BCUT2D eigenvalue weighted by atomic mass is 10.1. The summed E-state index contributed by atoms with van der Waals surface area (Å²) in [5.41, 5.74) is 1.72. The first kappa shape index (κ1) is 22.0. The number of rotatable bonds is 7. The van der Waals surface area contributed by atoms with Gasteiger partial charge in [-0.05, 0) is 43.7 Å². The molecule has 9 heteroatoms. The van der Waals surface area contributed by atoms with Crippen LogP contribution in [0.1, 0.15) is 28.8 Å². The molecule has 0 bridgehead atoms. The predicted octanol–water partition coefficient (Wildman–Crippen LogP) is 4.11. The van der Waals surface area contributed by atoms with Crippen LogP contribution < -0.4 is 21.3 Å². The summed E-state index contributed by atoms with van der Waals surface area (Å²) in [4.78, 5) is 21.2. The smallest absolute Gasteiger partial charge is 0.251 e. The molecule has 0 saturated carbocycles. The minimum Gasteiger partial charge on any atom is -0.364 e. The highest BCUT2D eigenvalue weighted by molar-refractivity contribution is 6.32. The number of nitrogens with zero attached hydrogens (tertiary/aromatic N) is 2. The lowest BCUT2D eigenvalue weighted by Crippen LogP contribution is -2.45. The third-order valence-corrected chi connectivity index (χ3v) is 5.44. The van der Waals surface area contributed by atoms with Crippen molar-refractivity contribution >= 4 is 35.0 Å². The fraction of sp³-hybridized carbons (Fsp3) is 0.261. The lowest BCUT2D eigenvalue weighted by Gasteiger charge is -2.23. The zero-order valence-electron chi connectivity index (χ0n) is 17.4. The average molecular weight is 455 g/mol. The van der Waals surface area contributed by atoms with E-state index in [0.717, 1.165) is 25.9 Å². The largest absolute Gasteiger partial charge is 0.364 e. The van der Waals surface area contributed by atoms with Gasteiger partial charge in [-0.1, -0.05) is 35.9 Å². The maximum absolute atomic E-state index is 13.9. The van der Waals surface area contributed by atoms with Crippen LogP contribution in [0, 0.1) is 5.82 Å². The van der Waals surface area contributed by atoms with Crippen LogP contribution in [0.4, 0.5) is 21.8 Å². The number of hydrogen-bond acceptors (Lipinski definition) is 6. The molecule has 1 fully saturated rings. The maximum atomic E-state index is 13.9. The molecule has 32 heavy (non-hydrogen) atoms. The quantitative estimate of drug-likeness (QED) is 0.429. The predicted molar refractivity (Wildman–Crippen MR) is 124 cm³/mol. The van der Waals surface area contributed by atoms with Crippen LogP contribution in [0.25, 0.3) is 0 Å². The molecule has 7 nitrogen and oxygen atoms in total. The molecule has 1 amide bonds. The molecule has 1 atom stereocenters. The second kappa shape index (κ2) is 10.4. The summed E-state index contributed by atoms with van der Waals surface area (Å²) in [7, 11) is 0. The van der Waals surface area contributed by atoms with E-state index in [4.69, 9.17) is 11.6 Å². The Morgan fingerprint density at radius 2 is 2.09 bits per heavy atom. The molecule has 0 spiro atoms. The number of hydrogen-bond donors (Lipinski definition) is 4. The van der Waals surface area contributed by atoms with Crippen molar-refractivity contribution in [2.75, 3.05) is 23.7 Å². The zero-order valence-corrected chi connectivity index (χ0v) is 18.1. The standard InChI is InChI=1S/C23H24ClFN6O/c24-19-14-28-23(31-21(19)27-12-16-5-1-2-9-20(16)25)30-17-7-3-6-15(11-17)22(32)29-18-8-4-10-26-13-18/h1-3,5-7,9,11,14,18,26H,4,8,10,12-13H2,(H,29,32)(H2,27,28,30,31). The molecule has 1 aliphatic heterocycles. The monoisotopic (exact) mass is 454 g/mol. The number of halogens is 2. The van der Waals surface area contributed by atoms with Gasteiger partial charge in [0.05, 0.1) is 6.20 Å². The fourth-order valence-electron chi connectivity index (χ4n) is 3.48. The van der Waals surface area contributed by atoms with Gasteiger partial charge in [0.15, 0.2) is 5.82 Å². The maximum Gasteiger partial charge on any atom is 0.251 e. The van der Waals surface area contributed by atoms with E-state index in [0.29, 0.717) is 33.6 Å². The molecule has 0 radical (unpaired) electrons. The molecule has 1 aliphatic rings. The first-order valence-electron chi connectivity index (χ1n) is 10.5. The van der Waals surface area contributed by atoms with E-state index in [1.165, 1.54) is 12.3 Å². The van der Waals surface area contributed by atoms with Crippen molar-refractivity contribution in [3.63, 3.8) is 0 Å². The van der Waals surface area contributed by atoms with Crippen molar-refractivity contribution in [2.24, 2.45) is 0 Å². The Balaban J connectivity index is 1.42. The molecule has 1 aromatic heterocycles. The van der Waals surface area contributed by atoms with E-state index in [1.807, 2.05) is 6.07 Å². The van der Waals surface area contributed by atoms with Gasteiger partial charge in [-0.2, -0.15) is 4.98 Å². The van der Waals surface area contributed by atoms with E-state index in [-0.39, 0.29) is 24.3 Å². The molecule has 166 valence electrons. The fourth-order valence-corrected chi connectivity index (χ4v) is 3.64. The topological polar surface area (TPSA) is 91.0 Å². The molecule has 1 unspecified atom stereocenters. The molecule has 2 heterocycles. The third kappa shape index (κ3) is 5.72. The summed E-state index contributed by atoms with van der Waals surface area (Å²) in [5, 5.41) is 12.8. The van der Waals surface area contributed by atoms with Crippen LogP contribution in [0.3, 0.4) is 0 Å². The van der Waals surface area contributed by atoms with Crippen LogP contribution in [0.5, 0.6) is 0 Å². The Morgan fingerprint density at radius 3 is 2.91 bits per heavy atom. The molecule has 4 rings (SSSR count). The van der Waals surface area contributed by atoms with Crippen molar-refractivity contribution in [2.45, 2.75) is 25.4 Å². The van der Waals surface area contributed by atoms with Gasteiger partial charge in [-0.3, -0.25) is 4.79 Å². The summed E-state index contributed by atoms with van der Waals surface area (Å²) in [6, 6.07) is 13.8. The van der Waals surface area contributed by atoms with Crippen LogP contribution in [0.15, 0.2) is 54.7 Å². The summed E-state index contributed by atoms with van der Waals surface area (Å²) < 4.78 is 13.9. The van der Waals surface area contributed by atoms with Gasteiger partial charge in [0, 0.05) is 35.9 Å².